The normalized spacial score (nSPS) is 11.1. The van der Waals surface area contributed by atoms with Crippen molar-refractivity contribution in [2.24, 2.45) is 0 Å². The third-order valence-corrected chi connectivity index (χ3v) is 4.20. The number of benzene rings is 2. The van der Waals surface area contributed by atoms with Gasteiger partial charge in [-0.1, -0.05) is 41.1 Å². The number of allylic oxidation sites excluding steroid dienone is 2. The molecule has 0 fully saturated rings. The van der Waals surface area contributed by atoms with Crippen LogP contribution in [0.25, 0.3) is 10.9 Å². The number of nitrogens with one attached hydrogen (secondary N) is 1. The monoisotopic (exact) mass is 395 g/mol. The number of hydrogen-bond acceptors (Lipinski definition) is 4. The number of nitrogens with zero attached hydrogens (tertiary/aromatic N) is 2. The standard InChI is InChI=1S/C20H18BrN3O/c1-2-3-7-17(25)10-14-8-9-19-18(11-14)20(23-13-22-19)24-16-6-4-5-15(21)12-16/h3-9,11-13H,2,10H2,1H3,(H,22,23,24)/b7-3+. The van der Waals surface area contributed by atoms with Gasteiger partial charge in [0.25, 0.3) is 0 Å². The molecule has 5 heteroatoms. The van der Waals surface area contributed by atoms with Gasteiger partial charge in [-0.05, 0) is 48.4 Å². The summed E-state index contributed by atoms with van der Waals surface area (Å²) in [6.07, 6.45) is 6.30. The second-order valence-electron chi connectivity index (χ2n) is 5.66. The second kappa shape index (κ2) is 8.03. The molecule has 0 atom stereocenters. The van der Waals surface area contributed by atoms with E-state index in [0.717, 1.165) is 38.9 Å². The second-order valence-corrected chi connectivity index (χ2v) is 6.58. The van der Waals surface area contributed by atoms with Gasteiger partial charge in [0.15, 0.2) is 5.78 Å². The Kier molecular flexibility index (Phi) is 5.56. The summed E-state index contributed by atoms with van der Waals surface area (Å²) in [5, 5.41) is 4.22. The highest BCUT2D eigenvalue weighted by atomic mass is 79.9. The third-order valence-electron chi connectivity index (χ3n) is 3.70. The fourth-order valence-corrected chi connectivity index (χ4v) is 2.92. The molecule has 2 aromatic carbocycles. The smallest absolute Gasteiger partial charge is 0.159 e. The number of aromatic nitrogens is 2. The number of carbonyl (C=O) groups is 1. The summed E-state index contributed by atoms with van der Waals surface area (Å²) < 4.78 is 0.991. The molecule has 0 aliphatic rings. The van der Waals surface area contributed by atoms with E-state index in [1.165, 1.54) is 6.33 Å². The zero-order chi connectivity index (χ0) is 17.6. The number of hydrogen-bond donors (Lipinski definition) is 1. The maximum absolute atomic E-state index is 12.0. The summed E-state index contributed by atoms with van der Waals surface area (Å²) in [6, 6.07) is 13.7. The molecule has 0 amide bonds. The van der Waals surface area contributed by atoms with Crippen molar-refractivity contribution in [3.63, 3.8) is 0 Å². The molecule has 0 bridgehead atoms. The van der Waals surface area contributed by atoms with Crippen molar-refractivity contribution in [1.82, 2.24) is 9.97 Å². The van der Waals surface area contributed by atoms with Gasteiger partial charge in [-0.2, -0.15) is 0 Å². The molecular weight excluding hydrogens is 378 g/mol. The molecule has 0 radical (unpaired) electrons. The minimum atomic E-state index is 0.0968. The fourth-order valence-electron chi connectivity index (χ4n) is 2.53. The van der Waals surface area contributed by atoms with Crippen molar-refractivity contribution in [2.75, 3.05) is 5.32 Å². The van der Waals surface area contributed by atoms with Gasteiger partial charge in [0, 0.05) is 22.0 Å². The minimum absolute atomic E-state index is 0.0968. The topological polar surface area (TPSA) is 54.9 Å². The molecule has 4 nitrogen and oxygen atoms in total. The van der Waals surface area contributed by atoms with E-state index in [1.54, 1.807) is 6.08 Å². The zero-order valence-corrected chi connectivity index (χ0v) is 15.5. The Balaban J connectivity index is 1.92. The highest BCUT2D eigenvalue weighted by Gasteiger charge is 2.07. The molecule has 1 aromatic heterocycles. The van der Waals surface area contributed by atoms with Gasteiger partial charge < -0.3 is 5.32 Å². The van der Waals surface area contributed by atoms with Crippen molar-refractivity contribution >= 4 is 44.1 Å². The van der Waals surface area contributed by atoms with E-state index in [4.69, 9.17) is 0 Å². The zero-order valence-electron chi connectivity index (χ0n) is 13.9. The van der Waals surface area contributed by atoms with Gasteiger partial charge in [-0.15, -0.1) is 0 Å². The predicted molar refractivity (Wildman–Crippen MR) is 105 cm³/mol. The minimum Gasteiger partial charge on any atom is -0.340 e. The first-order valence-electron chi connectivity index (χ1n) is 8.11. The average molecular weight is 396 g/mol. The third kappa shape index (κ3) is 4.51. The molecule has 126 valence electrons. The highest BCUT2D eigenvalue weighted by molar-refractivity contribution is 9.10. The Morgan fingerprint density at radius 1 is 1.20 bits per heavy atom. The molecular formula is C20H18BrN3O. The van der Waals surface area contributed by atoms with Crippen molar-refractivity contribution in [2.45, 2.75) is 19.8 Å². The van der Waals surface area contributed by atoms with E-state index in [9.17, 15) is 4.79 Å². The number of carbonyl (C=O) groups excluding carboxylic acids is 1. The Morgan fingerprint density at radius 3 is 2.88 bits per heavy atom. The summed E-state index contributed by atoms with van der Waals surface area (Å²) in [6.45, 7) is 2.01. The molecule has 3 aromatic rings. The lowest BCUT2D eigenvalue weighted by molar-refractivity contribution is -0.114. The number of anilines is 2. The lowest BCUT2D eigenvalue weighted by Gasteiger charge is -2.09. The predicted octanol–water partition coefficient (Wildman–Crippen LogP) is 5.21. The van der Waals surface area contributed by atoms with E-state index in [1.807, 2.05) is 55.5 Å². The first kappa shape index (κ1) is 17.3. The van der Waals surface area contributed by atoms with Crippen LogP contribution in [0.3, 0.4) is 0 Å². The van der Waals surface area contributed by atoms with Gasteiger partial charge in [0.1, 0.15) is 12.1 Å². The number of ketones is 1. The number of halogens is 1. The van der Waals surface area contributed by atoms with Gasteiger partial charge in [0.05, 0.1) is 5.52 Å². The Morgan fingerprint density at radius 2 is 2.08 bits per heavy atom. The van der Waals surface area contributed by atoms with Crippen molar-refractivity contribution in [1.29, 1.82) is 0 Å². The van der Waals surface area contributed by atoms with Crippen LogP contribution in [0.15, 0.2) is 65.4 Å². The molecule has 1 N–H and O–H groups in total. The first-order valence-corrected chi connectivity index (χ1v) is 8.90. The summed E-state index contributed by atoms with van der Waals surface area (Å²) in [7, 11) is 0. The van der Waals surface area contributed by atoms with Crippen LogP contribution in [0.4, 0.5) is 11.5 Å². The SMILES string of the molecule is CC/C=C/C(=O)Cc1ccc2ncnc(Nc3cccc(Br)c3)c2c1. The molecule has 3 rings (SSSR count). The summed E-state index contributed by atoms with van der Waals surface area (Å²) in [4.78, 5) is 20.7. The maximum Gasteiger partial charge on any atom is 0.159 e. The first-order chi connectivity index (χ1) is 12.2. The van der Waals surface area contributed by atoms with E-state index < -0.39 is 0 Å². The van der Waals surface area contributed by atoms with Gasteiger partial charge >= 0.3 is 0 Å². The maximum atomic E-state index is 12.0. The number of fused-ring (bicyclic) bond motifs is 1. The number of rotatable bonds is 6. The van der Waals surface area contributed by atoms with Crippen LogP contribution in [-0.4, -0.2) is 15.8 Å². The van der Waals surface area contributed by atoms with Crippen LogP contribution < -0.4 is 5.32 Å². The molecule has 0 saturated heterocycles. The lowest BCUT2D eigenvalue weighted by Crippen LogP contribution is -2.00. The van der Waals surface area contributed by atoms with Crippen LogP contribution in [0, 0.1) is 0 Å². The van der Waals surface area contributed by atoms with E-state index >= 15 is 0 Å². The summed E-state index contributed by atoms with van der Waals surface area (Å²) >= 11 is 3.47. The molecule has 25 heavy (non-hydrogen) atoms. The average Bonchev–Trinajstić information content (AvgIpc) is 2.60. The molecule has 0 spiro atoms. The van der Waals surface area contributed by atoms with Gasteiger partial charge in [-0.25, -0.2) is 9.97 Å². The highest BCUT2D eigenvalue weighted by Crippen LogP contribution is 2.25. The molecule has 0 saturated carbocycles. The van der Waals surface area contributed by atoms with Crippen molar-refractivity contribution < 1.29 is 4.79 Å². The van der Waals surface area contributed by atoms with Gasteiger partial charge in [0.2, 0.25) is 0 Å². The van der Waals surface area contributed by atoms with Crippen LogP contribution >= 0.6 is 15.9 Å². The quantitative estimate of drug-likeness (QED) is 0.581. The summed E-state index contributed by atoms with van der Waals surface area (Å²) in [5.41, 5.74) is 2.72. The van der Waals surface area contributed by atoms with Gasteiger partial charge in [-0.3, -0.25) is 4.79 Å². The Hall–Kier alpha value is -2.53. The van der Waals surface area contributed by atoms with E-state index in [-0.39, 0.29) is 5.78 Å². The van der Waals surface area contributed by atoms with Crippen LogP contribution in [0.5, 0.6) is 0 Å². The lowest BCUT2D eigenvalue weighted by atomic mass is 10.1. The molecule has 0 aliphatic heterocycles. The summed E-state index contributed by atoms with van der Waals surface area (Å²) in [5.74, 6) is 0.820. The molecule has 0 aliphatic carbocycles. The van der Waals surface area contributed by atoms with Crippen LogP contribution in [0.2, 0.25) is 0 Å². The van der Waals surface area contributed by atoms with E-state index in [2.05, 4.69) is 31.2 Å². The Bertz CT molecular complexity index is 937. The fraction of sp³-hybridized carbons (Fsp3) is 0.150. The van der Waals surface area contributed by atoms with E-state index in [0.29, 0.717) is 6.42 Å². The Labute approximate surface area is 155 Å². The van der Waals surface area contributed by atoms with Crippen LogP contribution in [-0.2, 0) is 11.2 Å². The van der Waals surface area contributed by atoms with Crippen LogP contribution in [0.1, 0.15) is 18.9 Å². The molecule has 1 heterocycles. The largest absolute Gasteiger partial charge is 0.340 e. The van der Waals surface area contributed by atoms with Crippen molar-refractivity contribution in [3.8, 4) is 0 Å². The molecule has 0 unspecified atom stereocenters. The van der Waals surface area contributed by atoms with Crippen molar-refractivity contribution in [3.05, 3.63) is 71.0 Å².